The summed E-state index contributed by atoms with van der Waals surface area (Å²) < 4.78 is 27.8. The van der Waals surface area contributed by atoms with Crippen LogP contribution in [-0.4, -0.2) is 44.8 Å². The predicted molar refractivity (Wildman–Crippen MR) is 75.2 cm³/mol. The van der Waals surface area contributed by atoms with Gasteiger partial charge < -0.3 is 15.2 Å². The van der Waals surface area contributed by atoms with Gasteiger partial charge in [-0.15, -0.1) is 0 Å². The van der Waals surface area contributed by atoms with Crippen molar-refractivity contribution in [2.75, 3.05) is 13.2 Å². The summed E-state index contributed by atoms with van der Waals surface area (Å²) in [6.07, 6.45) is -0.273. The lowest BCUT2D eigenvalue weighted by atomic mass is 10.0. The molecular formula is C13H18N2O5S. The molecule has 21 heavy (non-hydrogen) atoms. The zero-order chi connectivity index (χ0) is 15.6. The minimum atomic E-state index is -3.87. The van der Waals surface area contributed by atoms with Gasteiger partial charge in [0, 0.05) is 12.2 Å². The molecule has 7 nitrogen and oxygen atoms in total. The van der Waals surface area contributed by atoms with E-state index < -0.39 is 28.1 Å². The highest BCUT2D eigenvalue weighted by Crippen LogP contribution is 2.16. The van der Waals surface area contributed by atoms with Crippen molar-refractivity contribution in [3.05, 3.63) is 29.3 Å². The molecule has 4 N–H and O–H groups in total. The quantitative estimate of drug-likeness (QED) is 0.696. The molecule has 0 bridgehead atoms. The van der Waals surface area contributed by atoms with Crippen LogP contribution in [0.1, 0.15) is 22.3 Å². The Bertz CT molecular complexity index is 644. The number of aliphatic hydroxyl groups excluding tert-OH is 1. The van der Waals surface area contributed by atoms with E-state index in [0.29, 0.717) is 18.6 Å². The number of ether oxygens (including phenoxy) is 1. The summed E-state index contributed by atoms with van der Waals surface area (Å²) >= 11 is 0. The first-order valence-electron chi connectivity index (χ1n) is 6.49. The predicted octanol–water partition coefficient (Wildman–Crippen LogP) is -0.478. The highest BCUT2D eigenvalue weighted by atomic mass is 32.2. The van der Waals surface area contributed by atoms with Crippen LogP contribution in [0.5, 0.6) is 0 Å². The van der Waals surface area contributed by atoms with Gasteiger partial charge in [0.05, 0.1) is 23.6 Å². The van der Waals surface area contributed by atoms with Gasteiger partial charge in [-0.05, 0) is 31.0 Å². The van der Waals surface area contributed by atoms with E-state index in [1.165, 1.54) is 18.2 Å². The number of carbonyl (C=O) groups is 1. The third-order valence-corrected chi connectivity index (χ3v) is 4.34. The van der Waals surface area contributed by atoms with Gasteiger partial charge in [-0.25, -0.2) is 13.6 Å². The molecule has 1 fully saturated rings. The second-order valence-electron chi connectivity index (χ2n) is 5.03. The van der Waals surface area contributed by atoms with E-state index in [1.807, 2.05) is 0 Å². The van der Waals surface area contributed by atoms with E-state index in [-0.39, 0.29) is 17.1 Å². The fraction of sp³-hybridized carbons (Fsp3) is 0.462. The van der Waals surface area contributed by atoms with Crippen LogP contribution in [0, 0.1) is 6.92 Å². The molecule has 116 valence electrons. The Kier molecular flexibility index (Phi) is 4.62. The summed E-state index contributed by atoms with van der Waals surface area (Å²) in [5, 5.41) is 17.5. The number of rotatable bonds is 3. The first kappa shape index (κ1) is 15.9. The molecule has 1 aliphatic rings. The van der Waals surface area contributed by atoms with E-state index >= 15 is 0 Å². The number of hydrogen-bond donors (Lipinski definition) is 3. The Morgan fingerprint density at radius 2 is 2.19 bits per heavy atom. The lowest BCUT2D eigenvalue weighted by Gasteiger charge is -2.28. The van der Waals surface area contributed by atoms with Crippen LogP contribution in [-0.2, 0) is 14.8 Å². The normalized spacial score (nSPS) is 22.8. The Hall–Kier alpha value is -1.48. The summed E-state index contributed by atoms with van der Waals surface area (Å²) in [6.45, 7) is 2.32. The molecule has 0 saturated carbocycles. The number of amides is 1. The van der Waals surface area contributed by atoms with Crippen molar-refractivity contribution in [3.63, 3.8) is 0 Å². The van der Waals surface area contributed by atoms with E-state index in [4.69, 9.17) is 9.88 Å². The minimum absolute atomic E-state index is 0.120. The average Bonchev–Trinajstić information content (AvgIpc) is 2.40. The molecule has 0 radical (unpaired) electrons. The van der Waals surface area contributed by atoms with Crippen LogP contribution in [0.15, 0.2) is 23.1 Å². The van der Waals surface area contributed by atoms with Crippen molar-refractivity contribution in [1.29, 1.82) is 0 Å². The van der Waals surface area contributed by atoms with Gasteiger partial charge in [0.15, 0.2) is 0 Å². The Morgan fingerprint density at radius 1 is 1.48 bits per heavy atom. The minimum Gasteiger partial charge on any atom is -0.389 e. The maximum atomic E-state index is 12.3. The molecule has 1 aliphatic heterocycles. The van der Waals surface area contributed by atoms with Crippen molar-refractivity contribution >= 4 is 15.9 Å². The fourth-order valence-electron chi connectivity index (χ4n) is 2.16. The Labute approximate surface area is 123 Å². The molecule has 0 spiro atoms. The molecule has 1 heterocycles. The highest BCUT2D eigenvalue weighted by molar-refractivity contribution is 7.89. The smallest absolute Gasteiger partial charge is 0.251 e. The Morgan fingerprint density at radius 3 is 2.81 bits per heavy atom. The summed E-state index contributed by atoms with van der Waals surface area (Å²) in [6, 6.07) is 3.70. The molecule has 8 heteroatoms. The number of benzene rings is 1. The molecular weight excluding hydrogens is 296 g/mol. The van der Waals surface area contributed by atoms with Crippen molar-refractivity contribution in [2.45, 2.75) is 30.4 Å². The Balaban J connectivity index is 2.22. The van der Waals surface area contributed by atoms with Crippen LogP contribution < -0.4 is 10.5 Å². The zero-order valence-electron chi connectivity index (χ0n) is 11.6. The van der Waals surface area contributed by atoms with Gasteiger partial charge in [-0.2, -0.15) is 0 Å². The van der Waals surface area contributed by atoms with Crippen molar-refractivity contribution < 1.29 is 23.1 Å². The van der Waals surface area contributed by atoms with E-state index in [2.05, 4.69) is 5.32 Å². The van der Waals surface area contributed by atoms with Gasteiger partial charge in [0.25, 0.3) is 5.91 Å². The van der Waals surface area contributed by atoms with Crippen molar-refractivity contribution in [1.82, 2.24) is 5.32 Å². The number of sulfonamides is 1. The molecule has 2 rings (SSSR count). The average molecular weight is 314 g/mol. The molecule has 1 amide bonds. The van der Waals surface area contributed by atoms with Crippen molar-refractivity contribution in [2.24, 2.45) is 5.14 Å². The van der Waals surface area contributed by atoms with E-state index in [9.17, 15) is 18.3 Å². The molecule has 1 aromatic carbocycles. The van der Waals surface area contributed by atoms with Crippen LogP contribution >= 0.6 is 0 Å². The first-order chi connectivity index (χ1) is 9.79. The number of carbonyl (C=O) groups excluding carboxylic acids is 1. The maximum Gasteiger partial charge on any atom is 0.251 e. The molecule has 1 aromatic rings. The van der Waals surface area contributed by atoms with Crippen LogP contribution in [0.3, 0.4) is 0 Å². The van der Waals surface area contributed by atoms with Crippen molar-refractivity contribution in [3.8, 4) is 0 Å². The molecule has 0 aliphatic carbocycles. The molecule has 2 atom stereocenters. The zero-order valence-corrected chi connectivity index (χ0v) is 12.4. The van der Waals surface area contributed by atoms with Gasteiger partial charge in [0.2, 0.25) is 10.0 Å². The standard InChI is InChI=1S/C13H18N2O5S/c1-8-2-3-9(21(14,18)19)6-10(8)13(17)15-11-4-5-20-7-12(11)16/h2-3,6,11-12,16H,4-5,7H2,1H3,(H,15,17)(H2,14,18,19)/t11-,12-/m1/s1. The van der Waals surface area contributed by atoms with Crippen LogP contribution in [0.4, 0.5) is 0 Å². The molecule has 1 saturated heterocycles. The number of aryl methyl sites for hydroxylation is 1. The summed E-state index contributed by atoms with van der Waals surface area (Å²) in [4.78, 5) is 12.1. The lowest BCUT2D eigenvalue weighted by molar-refractivity contribution is -0.0260. The number of nitrogens with two attached hydrogens (primary N) is 1. The van der Waals surface area contributed by atoms with Gasteiger partial charge in [-0.3, -0.25) is 4.79 Å². The third kappa shape index (κ3) is 3.79. The number of nitrogens with one attached hydrogen (secondary N) is 1. The third-order valence-electron chi connectivity index (χ3n) is 3.42. The summed E-state index contributed by atoms with van der Waals surface area (Å²) in [5.74, 6) is -0.441. The SMILES string of the molecule is Cc1ccc(S(N)(=O)=O)cc1C(=O)N[C@@H]1CCOC[C@H]1O. The number of primary sulfonamides is 1. The largest absolute Gasteiger partial charge is 0.389 e. The van der Waals surface area contributed by atoms with Crippen LogP contribution in [0.2, 0.25) is 0 Å². The van der Waals surface area contributed by atoms with Gasteiger partial charge >= 0.3 is 0 Å². The maximum absolute atomic E-state index is 12.3. The summed E-state index contributed by atoms with van der Waals surface area (Å²) in [7, 11) is -3.87. The fourth-order valence-corrected chi connectivity index (χ4v) is 2.70. The number of aliphatic hydroxyl groups is 1. The second-order valence-corrected chi connectivity index (χ2v) is 6.59. The second kappa shape index (κ2) is 6.10. The monoisotopic (exact) mass is 314 g/mol. The first-order valence-corrected chi connectivity index (χ1v) is 8.04. The highest BCUT2D eigenvalue weighted by Gasteiger charge is 2.26. The van der Waals surface area contributed by atoms with Gasteiger partial charge in [0.1, 0.15) is 0 Å². The lowest BCUT2D eigenvalue weighted by Crippen LogP contribution is -2.48. The topological polar surface area (TPSA) is 119 Å². The van der Waals surface area contributed by atoms with E-state index in [0.717, 1.165) is 0 Å². The van der Waals surface area contributed by atoms with Gasteiger partial charge in [-0.1, -0.05) is 6.07 Å². The van der Waals surface area contributed by atoms with E-state index in [1.54, 1.807) is 6.92 Å². The summed E-state index contributed by atoms with van der Waals surface area (Å²) in [5.41, 5.74) is 0.849. The molecule has 0 unspecified atom stereocenters. The van der Waals surface area contributed by atoms with Crippen LogP contribution in [0.25, 0.3) is 0 Å². The number of hydrogen-bond acceptors (Lipinski definition) is 5. The molecule has 0 aromatic heterocycles.